The third-order valence-electron chi connectivity index (χ3n) is 3.97. The molecular formula is C19H17ClN2O5. The number of halogens is 1. The van der Waals surface area contributed by atoms with Gasteiger partial charge in [-0.15, -0.1) is 0 Å². The number of nitrogens with one attached hydrogen (secondary N) is 1. The second-order valence-corrected chi connectivity index (χ2v) is 6.30. The van der Waals surface area contributed by atoms with E-state index < -0.39 is 24.2 Å². The van der Waals surface area contributed by atoms with Gasteiger partial charge in [-0.1, -0.05) is 41.9 Å². The van der Waals surface area contributed by atoms with E-state index in [4.69, 9.17) is 20.8 Å². The summed E-state index contributed by atoms with van der Waals surface area (Å²) in [4.78, 5) is 35.8. The molecule has 1 heterocycles. The Labute approximate surface area is 159 Å². The number of carbonyl (C=O) groups is 2. The Hall–Kier alpha value is -3.06. The maximum atomic E-state index is 12.0. The van der Waals surface area contributed by atoms with Crippen LogP contribution < -0.4 is 11.1 Å². The molecule has 0 radical (unpaired) electrons. The number of aromatic nitrogens is 1. The topological polar surface area (TPSA) is 90.5 Å². The molecule has 0 bridgehead atoms. The minimum Gasteiger partial charge on any atom is -0.454 e. The van der Waals surface area contributed by atoms with E-state index in [-0.39, 0.29) is 12.6 Å². The number of fused-ring (bicyclic) bond motifs is 1. The molecule has 1 amide bonds. The molecular weight excluding hydrogens is 372 g/mol. The molecule has 7 nitrogen and oxygen atoms in total. The van der Waals surface area contributed by atoms with E-state index in [1.165, 1.54) is 0 Å². The van der Waals surface area contributed by atoms with Crippen molar-refractivity contribution < 1.29 is 18.7 Å². The van der Waals surface area contributed by atoms with E-state index in [2.05, 4.69) is 5.32 Å². The van der Waals surface area contributed by atoms with Crippen LogP contribution in [0.3, 0.4) is 0 Å². The molecule has 1 N–H and O–H groups in total. The van der Waals surface area contributed by atoms with Crippen LogP contribution in [-0.2, 0) is 20.9 Å². The first kappa shape index (κ1) is 18.7. The zero-order valence-corrected chi connectivity index (χ0v) is 15.2. The summed E-state index contributed by atoms with van der Waals surface area (Å²) in [5.74, 6) is -1.85. The number of para-hydroxylation sites is 2. The highest BCUT2D eigenvalue weighted by Crippen LogP contribution is 2.21. The molecule has 3 aromatic rings. The van der Waals surface area contributed by atoms with Gasteiger partial charge in [0.1, 0.15) is 6.54 Å². The lowest BCUT2D eigenvalue weighted by Gasteiger charge is -2.15. The number of hydrogen-bond acceptors (Lipinski definition) is 5. The van der Waals surface area contributed by atoms with E-state index in [0.29, 0.717) is 16.1 Å². The summed E-state index contributed by atoms with van der Waals surface area (Å²) >= 11 is 6.09. The second-order valence-electron chi connectivity index (χ2n) is 5.89. The molecule has 2 aromatic carbocycles. The molecule has 0 unspecified atom stereocenters. The van der Waals surface area contributed by atoms with Crippen LogP contribution in [0.25, 0.3) is 11.1 Å². The molecule has 1 atom stereocenters. The number of amides is 1. The third-order valence-corrected chi connectivity index (χ3v) is 4.32. The van der Waals surface area contributed by atoms with Crippen molar-refractivity contribution in [2.45, 2.75) is 19.5 Å². The third kappa shape index (κ3) is 4.38. The molecule has 0 saturated carbocycles. The fraction of sp³-hybridized carbons (Fsp3) is 0.211. The number of hydrogen-bond donors (Lipinski definition) is 1. The molecule has 8 heteroatoms. The van der Waals surface area contributed by atoms with Crippen molar-refractivity contribution in [3.05, 3.63) is 69.7 Å². The number of rotatable bonds is 6. The Bertz CT molecular complexity index is 1040. The molecule has 0 aliphatic heterocycles. The SMILES string of the molecule is C[C@@H](NC(=O)COC(=O)Cn1c(=O)oc2ccccc21)c1ccccc1Cl. The summed E-state index contributed by atoms with van der Waals surface area (Å²) < 4.78 is 11.2. The van der Waals surface area contributed by atoms with Crippen LogP contribution in [0.1, 0.15) is 18.5 Å². The van der Waals surface area contributed by atoms with E-state index >= 15 is 0 Å². The second kappa shape index (κ2) is 8.09. The van der Waals surface area contributed by atoms with Crippen LogP contribution >= 0.6 is 11.6 Å². The highest BCUT2D eigenvalue weighted by atomic mass is 35.5. The number of esters is 1. The van der Waals surface area contributed by atoms with E-state index in [1.54, 1.807) is 49.4 Å². The van der Waals surface area contributed by atoms with Gasteiger partial charge in [-0.3, -0.25) is 14.2 Å². The highest BCUT2D eigenvalue weighted by molar-refractivity contribution is 6.31. The lowest BCUT2D eigenvalue weighted by molar-refractivity contribution is -0.149. The minimum atomic E-state index is -0.718. The molecule has 0 saturated heterocycles. The van der Waals surface area contributed by atoms with E-state index in [0.717, 1.165) is 10.1 Å². The molecule has 0 spiro atoms. The summed E-state index contributed by atoms with van der Waals surface area (Å²) in [5.41, 5.74) is 1.62. The van der Waals surface area contributed by atoms with E-state index in [9.17, 15) is 14.4 Å². The molecule has 27 heavy (non-hydrogen) atoms. The number of oxazole rings is 1. The Morgan fingerprint density at radius 3 is 2.67 bits per heavy atom. The first-order chi connectivity index (χ1) is 13.0. The fourth-order valence-electron chi connectivity index (χ4n) is 2.67. The van der Waals surface area contributed by atoms with Crippen LogP contribution in [0, 0.1) is 0 Å². The highest BCUT2D eigenvalue weighted by Gasteiger charge is 2.16. The van der Waals surface area contributed by atoms with Crippen LogP contribution in [0.4, 0.5) is 0 Å². The zero-order chi connectivity index (χ0) is 19.4. The summed E-state index contributed by atoms with van der Waals surface area (Å²) in [7, 11) is 0. The average Bonchev–Trinajstić information content (AvgIpc) is 2.96. The largest absolute Gasteiger partial charge is 0.454 e. The van der Waals surface area contributed by atoms with Crippen molar-refractivity contribution in [3.63, 3.8) is 0 Å². The summed E-state index contributed by atoms with van der Waals surface area (Å²) in [6.45, 7) is 0.972. The number of benzene rings is 2. The summed E-state index contributed by atoms with van der Waals surface area (Å²) in [5, 5.41) is 3.24. The Balaban J connectivity index is 1.56. The number of ether oxygens (including phenoxy) is 1. The first-order valence-electron chi connectivity index (χ1n) is 8.23. The quantitative estimate of drug-likeness (QED) is 0.655. The van der Waals surface area contributed by atoms with Crippen molar-refractivity contribution in [3.8, 4) is 0 Å². The average molecular weight is 389 g/mol. The van der Waals surface area contributed by atoms with Gasteiger partial charge in [0.15, 0.2) is 12.2 Å². The van der Waals surface area contributed by atoms with Crippen molar-refractivity contribution >= 4 is 34.6 Å². The van der Waals surface area contributed by atoms with Crippen molar-refractivity contribution in [1.29, 1.82) is 0 Å². The monoisotopic (exact) mass is 388 g/mol. The lowest BCUT2D eigenvalue weighted by atomic mass is 10.1. The van der Waals surface area contributed by atoms with Gasteiger partial charge >= 0.3 is 11.7 Å². The molecule has 1 aromatic heterocycles. The molecule has 0 fully saturated rings. The van der Waals surface area contributed by atoms with Crippen molar-refractivity contribution in [2.24, 2.45) is 0 Å². The Morgan fingerprint density at radius 2 is 1.89 bits per heavy atom. The predicted octanol–water partition coefficient (Wildman–Crippen LogP) is 2.67. The van der Waals surface area contributed by atoms with Crippen LogP contribution in [0.15, 0.2) is 57.7 Å². The zero-order valence-electron chi connectivity index (χ0n) is 14.5. The number of nitrogens with zero attached hydrogens (tertiary/aromatic N) is 1. The molecule has 0 aliphatic carbocycles. The van der Waals surface area contributed by atoms with Crippen molar-refractivity contribution in [2.75, 3.05) is 6.61 Å². The van der Waals surface area contributed by atoms with Crippen LogP contribution in [0.2, 0.25) is 5.02 Å². The van der Waals surface area contributed by atoms with Gasteiger partial charge in [0.05, 0.1) is 11.6 Å². The Kier molecular flexibility index (Phi) is 5.61. The van der Waals surface area contributed by atoms with Gasteiger partial charge in [0.2, 0.25) is 0 Å². The van der Waals surface area contributed by atoms with Gasteiger partial charge in [0, 0.05) is 5.02 Å². The lowest BCUT2D eigenvalue weighted by Crippen LogP contribution is -2.32. The minimum absolute atomic E-state index is 0.342. The molecule has 3 rings (SSSR count). The van der Waals surface area contributed by atoms with Gasteiger partial charge in [-0.25, -0.2) is 4.79 Å². The maximum Gasteiger partial charge on any atom is 0.420 e. The Morgan fingerprint density at radius 1 is 1.19 bits per heavy atom. The van der Waals surface area contributed by atoms with Crippen LogP contribution in [0.5, 0.6) is 0 Å². The standard InChI is InChI=1S/C19H17ClN2O5/c1-12(13-6-2-3-7-14(13)20)21-17(23)11-26-18(24)10-22-15-8-4-5-9-16(15)27-19(22)25/h2-9,12H,10-11H2,1H3,(H,21,23)/t12-/m1/s1. The van der Waals surface area contributed by atoms with Gasteiger partial charge in [-0.05, 0) is 30.7 Å². The predicted molar refractivity (Wildman–Crippen MR) is 99.4 cm³/mol. The fourth-order valence-corrected chi connectivity index (χ4v) is 2.97. The van der Waals surface area contributed by atoms with Gasteiger partial charge in [0.25, 0.3) is 5.91 Å². The maximum absolute atomic E-state index is 12.0. The normalized spacial score (nSPS) is 11.9. The van der Waals surface area contributed by atoms with E-state index in [1.807, 2.05) is 6.07 Å². The van der Waals surface area contributed by atoms with Gasteiger partial charge in [-0.2, -0.15) is 0 Å². The molecule has 0 aliphatic rings. The van der Waals surface area contributed by atoms with Crippen molar-refractivity contribution in [1.82, 2.24) is 9.88 Å². The first-order valence-corrected chi connectivity index (χ1v) is 8.61. The number of carbonyl (C=O) groups excluding carboxylic acids is 2. The summed E-state index contributed by atoms with van der Waals surface area (Å²) in [6.07, 6.45) is 0. The summed E-state index contributed by atoms with van der Waals surface area (Å²) in [6, 6.07) is 13.5. The van der Waals surface area contributed by atoms with Crippen LogP contribution in [-0.4, -0.2) is 23.1 Å². The molecule has 140 valence electrons. The smallest absolute Gasteiger partial charge is 0.420 e. The van der Waals surface area contributed by atoms with Gasteiger partial charge < -0.3 is 14.5 Å².